The number of hydrogen-bond donors (Lipinski definition) is 4. The summed E-state index contributed by atoms with van der Waals surface area (Å²) in [6.45, 7) is 2.03. The lowest BCUT2D eigenvalue weighted by molar-refractivity contribution is -0.119. The monoisotopic (exact) mass is 725 g/mol. The molecule has 1 unspecified atom stereocenters. The third kappa shape index (κ3) is 7.69. The Hall–Kier alpha value is -5.56. The number of nitrogens with one attached hydrogen (secondary N) is 4. The van der Waals surface area contributed by atoms with Crippen molar-refractivity contribution in [3.63, 3.8) is 0 Å². The highest BCUT2D eigenvalue weighted by Crippen LogP contribution is 2.50. The summed E-state index contributed by atoms with van der Waals surface area (Å²) in [5, 5.41) is 12.7. The molecule has 4 N–H and O–H groups in total. The van der Waals surface area contributed by atoms with Gasteiger partial charge in [0.05, 0.1) is 45.9 Å². The normalized spacial score (nSPS) is 13.4. The molecule has 2 aromatic heterocycles. The number of nitrogens with zero attached hydrogens (tertiary/aromatic N) is 1. The van der Waals surface area contributed by atoms with E-state index in [4.69, 9.17) is 18.9 Å². The van der Waals surface area contributed by atoms with Crippen LogP contribution in [0, 0.1) is 0 Å². The lowest BCUT2D eigenvalue weighted by Gasteiger charge is -2.19. The molecule has 0 saturated heterocycles. The van der Waals surface area contributed by atoms with Gasteiger partial charge in [0, 0.05) is 53.5 Å². The molecular weight excluding hydrogens is 683 g/mol. The van der Waals surface area contributed by atoms with Crippen LogP contribution in [0.3, 0.4) is 0 Å². The molecule has 1 aliphatic rings. The minimum atomic E-state index is -0.380. The number of benzene rings is 2. The van der Waals surface area contributed by atoms with E-state index in [0.29, 0.717) is 65.9 Å². The van der Waals surface area contributed by atoms with Crippen LogP contribution in [0.25, 0.3) is 33.3 Å². The van der Waals surface area contributed by atoms with Gasteiger partial charge in [0.15, 0.2) is 16.6 Å². The third-order valence-corrected chi connectivity index (χ3v) is 9.99. The van der Waals surface area contributed by atoms with Gasteiger partial charge in [-0.3, -0.25) is 14.4 Å². The topological polar surface area (TPSA) is 153 Å². The van der Waals surface area contributed by atoms with Gasteiger partial charge in [-0.05, 0) is 78.8 Å². The fourth-order valence-electron chi connectivity index (χ4n) is 6.74. The largest absolute Gasteiger partial charge is 0.497 e. The molecule has 13 heteroatoms. The molecule has 12 nitrogen and oxygen atoms in total. The van der Waals surface area contributed by atoms with Gasteiger partial charge >= 0.3 is 0 Å². The predicted molar refractivity (Wildman–Crippen MR) is 204 cm³/mol. The number of unbranched alkanes of at least 4 members (excludes halogenated alkanes) is 2. The Morgan fingerprint density at radius 3 is 2.52 bits per heavy atom. The number of ether oxygens (including phenoxy) is 4. The van der Waals surface area contributed by atoms with Crippen molar-refractivity contribution in [3.05, 3.63) is 75.4 Å². The zero-order chi connectivity index (χ0) is 36.8. The summed E-state index contributed by atoms with van der Waals surface area (Å²) in [4.78, 5) is 46.4. The summed E-state index contributed by atoms with van der Waals surface area (Å²) in [6.07, 6.45) is 5.72. The molecule has 6 rings (SSSR count). The first-order valence-electron chi connectivity index (χ1n) is 17.2. The SMILES string of the molecule is COc1ccc2[nH]cc(-c3csc(NC(=O)CCCCCNc4ccc5c(cc4=O)C(NC(C)=O)CCc4cc(OC)c(OC)c(OC)c4-5)n3)c2c1. The van der Waals surface area contributed by atoms with E-state index in [2.05, 4.69) is 25.9 Å². The summed E-state index contributed by atoms with van der Waals surface area (Å²) < 4.78 is 22.5. The van der Waals surface area contributed by atoms with Crippen LogP contribution in [0.15, 0.2) is 58.8 Å². The van der Waals surface area contributed by atoms with Crippen LogP contribution in [0.4, 0.5) is 10.8 Å². The highest BCUT2D eigenvalue weighted by atomic mass is 32.1. The predicted octanol–water partition coefficient (Wildman–Crippen LogP) is 7.09. The molecule has 1 atom stereocenters. The maximum atomic E-state index is 13.6. The molecular formula is C39H43N5O7S. The van der Waals surface area contributed by atoms with E-state index < -0.39 is 0 Å². The standard InChI is InChI=1S/C39H43N5O7S/c1-22(45)42-30-13-10-23-17-34(49-3)37(50-4)38(51-5)36(23)25-12-15-31(33(46)19-27(25)30)40-16-8-6-7-9-35(47)44-39-43-32(21-52-39)28-20-41-29-14-11-24(48-2)18-26(28)29/h11-12,14-15,17-21,30,41H,6-10,13,16H2,1-5H3,(H,40,46)(H,42,45)(H,43,44,47). The van der Waals surface area contributed by atoms with Crippen LogP contribution in [-0.4, -0.2) is 56.8 Å². The lowest BCUT2D eigenvalue weighted by Crippen LogP contribution is -2.26. The first kappa shape index (κ1) is 36.2. The number of thiazole rings is 1. The molecule has 0 radical (unpaired) electrons. The minimum absolute atomic E-state index is 0.0911. The quantitative estimate of drug-likeness (QED) is 0.0880. The third-order valence-electron chi connectivity index (χ3n) is 9.23. The van der Waals surface area contributed by atoms with Crippen molar-refractivity contribution in [2.45, 2.75) is 51.5 Å². The van der Waals surface area contributed by atoms with E-state index in [9.17, 15) is 14.4 Å². The highest BCUT2D eigenvalue weighted by molar-refractivity contribution is 7.14. The number of methoxy groups -OCH3 is 4. The van der Waals surface area contributed by atoms with Crippen LogP contribution in [0.2, 0.25) is 0 Å². The summed E-state index contributed by atoms with van der Waals surface area (Å²) in [7, 11) is 6.35. The minimum Gasteiger partial charge on any atom is -0.497 e. The summed E-state index contributed by atoms with van der Waals surface area (Å²) in [5.41, 5.74) is 6.21. The number of aromatic amines is 1. The molecule has 5 aromatic rings. The van der Waals surface area contributed by atoms with Gasteiger partial charge in [0.25, 0.3) is 0 Å². The fourth-order valence-corrected chi connectivity index (χ4v) is 7.47. The molecule has 0 spiro atoms. The molecule has 0 saturated carbocycles. The maximum Gasteiger partial charge on any atom is 0.226 e. The second-order valence-corrected chi connectivity index (χ2v) is 13.4. The van der Waals surface area contributed by atoms with Crippen molar-refractivity contribution in [1.82, 2.24) is 15.3 Å². The number of anilines is 2. The Morgan fingerprint density at radius 2 is 1.77 bits per heavy atom. The molecule has 2 amide bonds. The van der Waals surface area contributed by atoms with Crippen molar-refractivity contribution in [1.29, 1.82) is 0 Å². The van der Waals surface area contributed by atoms with Crippen molar-refractivity contribution >= 4 is 44.9 Å². The Balaban J connectivity index is 1.08. The summed E-state index contributed by atoms with van der Waals surface area (Å²) >= 11 is 1.39. The van der Waals surface area contributed by atoms with E-state index in [1.807, 2.05) is 41.9 Å². The molecule has 52 heavy (non-hydrogen) atoms. The van der Waals surface area contributed by atoms with Crippen molar-refractivity contribution in [2.24, 2.45) is 0 Å². The highest BCUT2D eigenvalue weighted by Gasteiger charge is 2.29. The van der Waals surface area contributed by atoms with E-state index in [1.54, 1.807) is 40.6 Å². The zero-order valence-electron chi connectivity index (χ0n) is 29.9. The van der Waals surface area contributed by atoms with Gasteiger partial charge in [-0.1, -0.05) is 12.5 Å². The van der Waals surface area contributed by atoms with E-state index in [-0.39, 0.29) is 23.3 Å². The van der Waals surface area contributed by atoms with E-state index in [0.717, 1.165) is 57.4 Å². The first-order chi connectivity index (χ1) is 25.2. The first-order valence-corrected chi connectivity index (χ1v) is 18.0. The van der Waals surface area contributed by atoms with Crippen molar-refractivity contribution < 1.29 is 28.5 Å². The van der Waals surface area contributed by atoms with Crippen LogP contribution in [0.1, 0.15) is 56.2 Å². The van der Waals surface area contributed by atoms with Gasteiger partial charge in [-0.15, -0.1) is 11.3 Å². The Labute approximate surface area is 305 Å². The Kier molecular flexibility index (Phi) is 11.3. The second kappa shape index (κ2) is 16.2. The van der Waals surface area contributed by atoms with Crippen LogP contribution >= 0.6 is 11.3 Å². The molecule has 0 fully saturated rings. The van der Waals surface area contributed by atoms with Gasteiger partial charge in [-0.2, -0.15) is 0 Å². The number of aromatic nitrogens is 2. The number of H-pyrrole nitrogens is 1. The smallest absolute Gasteiger partial charge is 0.226 e. The average molecular weight is 726 g/mol. The lowest BCUT2D eigenvalue weighted by atomic mass is 9.95. The van der Waals surface area contributed by atoms with Gasteiger partial charge in [0.1, 0.15) is 5.75 Å². The van der Waals surface area contributed by atoms with Crippen molar-refractivity contribution in [3.8, 4) is 45.4 Å². The molecule has 0 aliphatic heterocycles. The Morgan fingerprint density at radius 1 is 0.942 bits per heavy atom. The molecule has 3 aromatic carbocycles. The number of carbonyl (C=O) groups excluding carboxylic acids is 2. The number of fused-ring (bicyclic) bond motifs is 4. The van der Waals surface area contributed by atoms with Crippen molar-refractivity contribution in [2.75, 3.05) is 45.6 Å². The number of amides is 2. The number of carbonyl (C=O) groups is 2. The van der Waals surface area contributed by atoms with Crippen LogP contribution in [0.5, 0.6) is 23.0 Å². The number of aryl methyl sites for hydroxylation is 1. The molecule has 272 valence electrons. The zero-order valence-corrected chi connectivity index (χ0v) is 30.8. The van der Waals surface area contributed by atoms with Gasteiger partial charge < -0.3 is 39.9 Å². The molecule has 2 heterocycles. The Bertz CT molecular complexity index is 2160. The second-order valence-electron chi connectivity index (χ2n) is 12.5. The molecule has 1 aliphatic carbocycles. The van der Waals surface area contributed by atoms with Crippen LogP contribution in [-0.2, 0) is 16.0 Å². The summed E-state index contributed by atoms with van der Waals surface area (Å²) in [5.74, 6) is 1.99. The number of hydrogen-bond acceptors (Lipinski definition) is 10. The maximum absolute atomic E-state index is 13.6. The fraction of sp³-hybridized carbons (Fsp3) is 0.333. The number of rotatable bonds is 14. The summed E-state index contributed by atoms with van der Waals surface area (Å²) in [6, 6.07) is 12.7. The van der Waals surface area contributed by atoms with E-state index in [1.165, 1.54) is 18.3 Å². The van der Waals surface area contributed by atoms with Gasteiger partial charge in [-0.25, -0.2) is 4.98 Å². The molecule has 0 bridgehead atoms. The average Bonchev–Trinajstić information content (AvgIpc) is 3.71. The van der Waals surface area contributed by atoms with Crippen LogP contribution < -0.4 is 40.3 Å². The van der Waals surface area contributed by atoms with E-state index >= 15 is 0 Å². The van der Waals surface area contributed by atoms with Gasteiger partial charge in [0.2, 0.25) is 23.0 Å².